The zero-order valence-electron chi connectivity index (χ0n) is 7.30. The zero-order chi connectivity index (χ0) is 8.65. The van der Waals surface area contributed by atoms with E-state index in [0.29, 0.717) is 0 Å². The quantitative estimate of drug-likeness (QED) is 0.586. The Bertz CT molecular complexity index is 220. The Labute approximate surface area is 66.3 Å². The molecule has 0 bridgehead atoms. The number of hydrogen-bond donors (Lipinski definition) is 1. The summed E-state index contributed by atoms with van der Waals surface area (Å²) in [5.41, 5.74) is 2.18. The van der Waals surface area contributed by atoms with Gasteiger partial charge in [0.1, 0.15) is 11.4 Å². The maximum atomic E-state index is 11.4. The normalized spacial score (nSPS) is 22.4. The molecule has 0 saturated heterocycles. The van der Waals surface area contributed by atoms with Crippen LogP contribution in [0.3, 0.4) is 0 Å². The van der Waals surface area contributed by atoms with E-state index in [-0.39, 0.29) is 5.91 Å². The fourth-order valence-electron chi connectivity index (χ4n) is 1.19. The van der Waals surface area contributed by atoms with E-state index < -0.39 is 5.54 Å². The summed E-state index contributed by atoms with van der Waals surface area (Å²) in [4.78, 5) is 15.6. The average Bonchev–Trinajstić information content (AvgIpc) is 2.04. The molecule has 0 saturated carbocycles. The maximum Gasteiger partial charge on any atom is 0.269 e. The van der Waals surface area contributed by atoms with Crippen molar-refractivity contribution in [1.29, 1.82) is 0 Å². The molecule has 4 nitrogen and oxygen atoms in total. The minimum Gasteiger partial charge on any atom is -0.270 e. The van der Waals surface area contributed by atoms with Crippen molar-refractivity contribution < 1.29 is 4.79 Å². The maximum absolute atomic E-state index is 11.4. The molecule has 0 aromatic heterocycles. The molecule has 0 aromatic carbocycles. The summed E-state index contributed by atoms with van der Waals surface area (Å²) in [7, 11) is 1.71. The second kappa shape index (κ2) is 2.30. The lowest BCUT2D eigenvalue weighted by Gasteiger charge is -2.17. The van der Waals surface area contributed by atoms with Gasteiger partial charge in [-0.25, -0.2) is 10.4 Å². The topological polar surface area (TPSA) is 44.7 Å². The number of nitrogens with one attached hydrogen (secondary N) is 1. The Morgan fingerprint density at radius 3 is 2.27 bits per heavy atom. The van der Waals surface area contributed by atoms with Crippen LogP contribution in [-0.2, 0) is 4.79 Å². The number of hydrazine groups is 1. The molecule has 0 radical (unpaired) electrons. The van der Waals surface area contributed by atoms with Gasteiger partial charge in [-0.1, -0.05) is 0 Å². The largest absolute Gasteiger partial charge is 0.270 e. The Hall–Kier alpha value is -0.900. The summed E-state index contributed by atoms with van der Waals surface area (Å²) >= 11 is 0. The highest BCUT2D eigenvalue weighted by atomic mass is 16.2. The van der Waals surface area contributed by atoms with Gasteiger partial charge >= 0.3 is 0 Å². The summed E-state index contributed by atoms with van der Waals surface area (Å²) in [6, 6.07) is 0. The molecule has 62 valence electrons. The summed E-state index contributed by atoms with van der Waals surface area (Å²) < 4.78 is 0. The third-order valence-corrected chi connectivity index (χ3v) is 1.71. The number of aliphatic imine (C=N–C) groups is 1. The minimum absolute atomic E-state index is 0.00231. The first kappa shape index (κ1) is 8.20. The fourth-order valence-corrected chi connectivity index (χ4v) is 1.19. The highest BCUT2D eigenvalue weighted by molar-refractivity contribution is 6.06. The van der Waals surface area contributed by atoms with Gasteiger partial charge in [0.2, 0.25) is 0 Å². The van der Waals surface area contributed by atoms with Crippen molar-refractivity contribution in [3.8, 4) is 0 Å². The number of amidine groups is 1. The number of rotatable bonds is 1. The summed E-state index contributed by atoms with van der Waals surface area (Å²) in [5.74, 6) is 0.722. The lowest BCUT2D eigenvalue weighted by Crippen LogP contribution is -2.45. The molecular formula is C7H13N3O. The van der Waals surface area contributed by atoms with Crippen LogP contribution >= 0.6 is 0 Å². The van der Waals surface area contributed by atoms with Crippen LogP contribution in [0.2, 0.25) is 0 Å². The standard InChI is InChI=1S/C7H13N3O/c1-5-9-7(2,3)6(11)10(5)8-4/h8H,1-4H3. The Balaban J connectivity index is 2.93. The average molecular weight is 155 g/mol. The third kappa shape index (κ3) is 1.14. The molecule has 1 aliphatic rings. The van der Waals surface area contributed by atoms with Gasteiger partial charge in [-0.05, 0) is 20.8 Å². The molecule has 11 heavy (non-hydrogen) atoms. The predicted octanol–water partition coefficient (Wildman–Crippen LogP) is 0.160. The van der Waals surface area contributed by atoms with Crippen LogP contribution in [0, 0.1) is 0 Å². The van der Waals surface area contributed by atoms with Gasteiger partial charge in [-0.2, -0.15) is 0 Å². The monoisotopic (exact) mass is 155 g/mol. The first-order valence-corrected chi connectivity index (χ1v) is 3.57. The van der Waals surface area contributed by atoms with E-state index in [1.807, 2.05) is 6.92 Å². The Morgan fingerprint density at radius 2 is 2.09 bits per heavy atom. The van der Waals surface area contributed by atoms with Crippen molar-refractivity contribution in [2.24, 2.45) is 4.99 Å². The second-order valence-electron chi connectivity index (χ2n) is 3.08. The molecule has 4 heteroatoms. The van der Waals surface area contributed by atoms with Crippen molar-refractivity contribution >= 4 is 11.7 Å². The van der Waals surface area contributed by atoms with E-state index in [1.165, 1.54) is 5.01 Å². The second-order valence-corrected chi connectivity index (χ2v) is 3.08. The highest BCUT2D eigenvalue weighted by Gasteiger charge is 2.38. The molecule has 1 N–H and O–H groups in total. The van der Waals surface area contributed by atoms with Gasteiger partial charge < -0.3 is 0 Å². The van der Waals surface area contributed by atoms with Crippen LogP contribution in [0.15, 0.2) is 4.99 Å². The molecule has 1 aliphatic heterocycles. The van der Waals surface area contributed by atoms with Crippen molar-refractivity contribution in [3.63, 3.8) is 0 Å². The van der Waals surface area contributed by atoms with Crippen molar-refractivity contribution in [2.45, 2.75) is 26.3 Å². The van der Waals surface area contributed by atoms with E-state index >= 15 is 0 Å². The Kier molecular flexibility index (Phi) is 1.72. The van der Waals surface area contributed by atoms with Crippen LogP contribution < -0.4 is 5.43 Å². The predicted molar refractivity (Wildman–Crippen MR) is 43.1 cm³/mol. The molecule has 0 atom stereocenters. The first-order chi connectivity index (χ1) is 4.99. The van der Waals surface area contributed by atoms with Gasteiger partial charge in [0.15, 0.2) is 0 Å². The van der Waals surface area contributed by atoms with Gasteiger partial charge in [0.25, 0.3) is 5.91 Å². The number of carbonyl (C=O) groups is 1. The number of amides is 1. The van der Waals surface area contributed by atoms with Crippen LogP contribution in [0.4, 0.5) is 0 Å². The third-order valence-electron chi connectivity index (χ3n) is 1.71. The molecule has 1 heterocycles. The Morgan fingerprint density at radius 1 is 1.55 bits per heavy atom. The van der Waals surface area contributed by atoms with E-state index in [9.17, 15) is 4.79 Å². The lowest BCUT2D eigenvalue weighted by atomic mass is 10.1. The highest BCUT2D eigenvalue weighted by Crippen LogP contribution is 2.19. The minimum atomic E-state index is -0.590. The molecule has 1 rings (SSSR count). The van der Waals surface area contributed by atoms with Gasteiger partial charge in [0, 0.05) is 7.05 Å². The van der Waals surface area contributed by atoms with E-state index in [1.54, 1.807) is 20.9 Å². The molecule has 0 aromatic rings. The molecule has 0 aliphatic carbocycles. The first-order valence-electron chi connectivity index (χ1n) is 3.57. The molecule has 0 spiro atoms. The number of carbonyl (C=O) groups excluding carboxylic acids is 1. The van der Waals surface area contributed by atoms with Crippen LogP contribution in [0.1, 0.15) is 20.8 Å². The fraction of sp³-hybridized carbons (Fsp3) is 0.714. The molecular weight excluding hydrogens is 142 g/mol. The number of hydrogen-bond acceptors (Lipinski definition) is 3. The van der Waals surface area contributed by atoms with Crippen molar-refractivity contribution in [1.82, 2.24) is 10.4 Å². The zero-order valence-corrected chi connectivity index (χ0v) is 7.30. The van der Waals surface area contributed by atoms with Crippen LogP contribution in [0.5, 0.6) is 0 Å². The molecule has 1 amide bonds. The van der Waals surface area contributed by atoms with Gasteiger partial charge in [0.05, 0.1) is 0 Å². The number of nitrogens with zero attached hydrogens (tertiary/aromatic N) is 2. The van der Waals surface area contributed by atoms with Crippen molar-refractivity contribution in [3.05, 3.63) is 0 Å². The van der Waals surface area contributed by atoms with E-state index in [4.69, 9.17) is 0 Å². The van der Waals surface area contributed by atoms with E-state index in [0.717, 1.165) is 5.84 Å². The summed E-state index contributed by atoms with van der Waals surface area (Å²) in [5, 5.41) is 1.46. The van der Waals surface area contributed by atoms with Gasteiger partial charge in [-0.15, -0.1) is 0 Å². The van der Waals surface area contributed by atoms with Crippen molar-refractivity contribution in [2.75, 3.05) is 7.05 Å². The summed E-state index contributed by atoms with van der Waals surface area (Å²) in [6.45, 7) is 5.41. The van der Waals surface area contributed by atoms with E-state index in [2.05, 4.69) is 10.4 Å². The lowest BCUT2D eigenvalue weighted by molar-refractivity contribution is -0.131. The van der Waals surface area contributed by atoms with Gasteiger partial charge in [-0.3, -0.25) is 9.79 Å². The smallest absolute Gasteiger partial charge is 0.269 e. The molecule has 0 unspecified atom stereocenters. The van der Waals surface area contributed by atoms with Crippen LogP contribution in [0.25, 0.3) is 0 Å². The molecule has 0 fully saturated rings. The summed E-state index contributed by atoms with van der Waals surface area (Å²) in [6.07, 6.45) is 0. The van der Waals surface area contributed by atoms with Crippen LogP contribution in [-0.4, -0.2) is 29.3 Å². The SMILES string of the molecule is CNN1C(=O)C(C)(C)N=C1C.